The van der Waals surface area contributed by atoms with Crippen molar-refractivity contribution in [3.05, 3.63) is 35.0 Å². The summed E-state index contributed by atoms with van der Waals surface area (Å²) in [5.41, 5.74) is 1.24. The predicted molar refractivity (Wildman–Crippen MR) is 62.5 cm³/mol. The molecule has 0 fully saturated rings. The molecule has 76 valence electrons. The Morgan fingerprint density at radius 2 is 2.00 bits per heavy atom. The van der Waals surface area contributed by atoms with E-state index in [0.717, 1.165) is 11.8 Å². The Labute approximate surface area is 88.4 Å². The van der Waals surface area contributed by atoms with Crippen LogP contribution in [0.1, 0.15) is 26.3 Å². The highest BCUT2D eigenvalue weighted by Gasteiger charge is 2.02. The van der Waals surface area contributed by atoms with Gasteiger partial charge >= 0.3 is 0 Å². The van der Waals surface area contributed by atoms with Crippen LogP contribution >= 0.6 is 11.3 Å². The lowest BCUT2D eigenvalue weighted by molar-refractivity contribution is 0.629. The van der Waals surface area contributed by atoms with E-state index in [1.807, 2.05) is 19.9 Å². The van der Waals surface area contributed by atoms with E-state index < -0.39 is 0 Å². The topological polar surface area (TPSA) is 0 Å². The number of benzene rings is 1. The van der Waals surface area contributed by atoms with E-state index in [1.54, 1.807) is 17.4 Å². The highest BCUT2D eigenvalue weighted by molar-refractivity contribution is 7.17. The molecule has 0 saturated heterocycles. The summed E-state index contributed by atoms with van der Waals surface area (Å²) < 4.78 is 14.0. The van der Waals surface area contributed by atoms with Crippen LogP contribution in [0.4, 0.5) is 4.39 Å². The molecule has 0 atom stereocenters. The molecule has 0 radical (unpaired) electrons. The summed E-state index contributed by atoms with van der Waals surface area (Å²) in [6, 6.07) is 4.97. The minimum Gasteiger partial charge on any atom is -0.207 e. The van der Waals surface area contributed by atoms with E-state index in [4.69, 9.17) is 0 Å². The molecule has 0 amide bonds. The van der Waals surface area contributed by atoms with Crippen molar-refractivity contribution in [2.75, 3.05) is 0 Å². The van der Waals surface area contributed by atoms with Gasteiger partial charge in [-0.15, -0.1) is 11.3 Å². The van der Waals surface area contributed by atoms with Gasteiger partial charge in [-0.3, -0.25) is 0 Å². The molecule has 0 aliphatic carbocycles. The molecule has 1 aromatic carbocycles. The van der Waals surface area contributed by atoms with Crippen LogP contribution in [0.3, 0.4) is 0 Å². The molecule has 2 rings (SSSR count). The highest BCUT2D eigenvalue weighted by Crippen LogP contribution is 2.26. The first-order chi connectivity index (χ1) is 6.81. The summed E-state index contributed by atoms with van der Waals surface area (Å²) >= 11 is 1.68. The standard InChI is InChI=1S/C10H9FS.C2H6/c1-2-7-6-12-10-4-3-8(11)5-9(7)10;1-2/h3-6H,2H2,1H3;1-2H3. The quantitative estimate of drug-likeness (QED) is 0.643. The predicted octanol–water partition coefficient (Wildman–Crippen LogP) is 4.63. The fraction of sp³-hybridized carbons (Fsp3) is 0.333. The summed E-state index contributed by atoms with van der Waals surface area (Å²) in [6.45, 7) is 6.09. The van der Waals surface area contributed by atoms with Gasteiger partial charge in [-0.2, -0.15) is 0 Å². The third-order valence-corrected chi connectivity index (χ3v) is 3.01. The van der Waals surface area contributed by atoms with Crippen LogP contribution in [0, 0.1) is 5.82 Å². The van der Waals surface area contributed by atoms with E-state index in [-0.39, 0.29) is 5.82 Å². The van der Waals surface area contributed by atoms with Crippen LogP contribution in [0.5, 0.6) is 0 Å². The van der Waals surface area contributed by atoms with Crippen molar-refractivity contribution in [1.82, 2.24) is 0 Å². The van der Waals surface area contributed by atoms with Crippen molar-refractivity contribution in [3.63, 3.8) is 0 Å². The van der Waals surface area contributed by atoms with Gasteiger partial charge in [0.25, 0.3) is 0 Å². The second-order valence-corrected chi connectivity index (χ2v) is 3.67. The molecule has 0 nitrogen and oxygen atoms in total. The zero-order valence-electron chi connectivity index (χ0n) is 8.80. The van der Waals surface area contributed by atoms with Gasteiger partial charge in [0.05, 0.1) is 0 Å². The normalized spacial score (nSPS) is 9.71. The number of thiophene rings is 1. The number of aryl methyl sites for hydroxylation is 1. The van der Waals surface area contributed by atoms with E-state index in [2.05, 4.69) is 12.3 Å². The van der Waals surface area contributed by atoms with Crippen molar-refractivity contribution in [3.8, 4) is 0 Å². The molecule has 0 spiro atoms. The average molecular weight is 210 g/mol. The van der Waals surface area contributed by atoms with Crippen LogP contribution in [0.25, 0.3) is 10.1 Å². The monoisotopic (exact) mass is 210 g/mol. The molecular weight excluding hydrogens is 195 g/mol. The third-order valence-electron chi connectivity index (χ3n) is 2.00. The lowest BCUT2D eigenvalue weighted by atomic mass is 10.1. The second kappa shape index (κ2) is 5.11. The SMILES string of the molecule is CC.CCc1csc2ccc(F)cc12. The van der Waals surface area contributed by atoms with Gasteiger partial charge in [0.1, 0.15) is 5.82 Å². The third kappa shape index (κ3) is 2.13. The molecule has 1 heterocycles. The molecule has 0 aliphatic heterocycles. The van der Waals surface area contributed by atoms with Gasteiger partial charge in [-0.1, -0.05) is 20.8 Å². The number of fused-ring (bicyclic) bond motifs is 1. The first-order valence-corrected chi connectivity index (χ1v) is 5.85. The highest BCUT2D eigenvalue weighted by atomic mass is 32.1. The number of hydrogen-bond donors (Lipinski definition) is 0. The Hall–Kier alpha value is -0.890. The van der Waals surface area contributed by atoms with Gasteiger partial charge < -0.3 is 0 Å². The van der Waals surface area contributed by atoms with Crippen LogP contribution in [-0.2, 0) is 6.42 Å². The summed E-state index contributed by atoms with van der Waals surface area (Å²) in [5.74, 6) is -0.143. The average Bonchev–Trinajstić information content (AvgIpc) is 2.63. The van der Waals surface area contributed by atoms with Gasteiger partial charge in [0.15, 0.2) is 0 Å². The molecule has 0 bridgehead atoms. The second-order valence-electron chi connectivity index (χ2n) is 2.75. The van der Waals surface area contributed by atoms with Crippen LogP contribution < -0.4 is 0 Å². The molecule has 2 heteroatoms. The van der Waals surface area contributed by atoms with Crippen molar-refractivity contribution in [2.24, 2.45) is 0 Å². The molecule has 0 aliphatic rings. The largest absolute Gasteiger partial charge is 0.207 e. The molecule has 1 aromatic heterocycles. The number of hydrogen-bond acceptors (Lipinski definition) is 1. The summed E-state index contributed by atoms with van der Waals surface area (Å²) in [7, 11) is 0. The summed E-state index contributed by atoms with van der Waals surface area (Å²) in [6.07, 6.45) is 0.976. The van der Waals surface area contributed by atoms with Gasteiger partial charge in [-0.05, 0) is 40.9 Å². The van der Waals surface area contributed by atoms with E-state index >= 15 is 0 Å². The van der Waals surface area contributed by atoms with Crippen LogP contribution in [0.2, 0.25) is 0 Å². The molecular formula is C12H15FS. The van der Waals surface area contributed by atoms with E-state index in [9.17, 15) is 4.39 Å². The molecule has 2 aromatic rings. The maximum Gasteiger partial charge on any atom is 0.123 e. The first-order valence-electron chi connectivity index (χ1n) is 4.97. The summed E-state index contributed by atoms with van der Waals surface area (Å²) in [4.78, 5) is 0. The molecule has 0 N–H and O–H groups in total. The van der Waals surface area contributed by atoms with Crippen molar-refractivity contribution < 1.29 is 4.39 Å². The Bertz CT molecular complexity index is 404. The lowest BCUT2D eigenvalue weighted by Gasteiger charge is -1.93. The number of rotatable bonds is 1. The minimum atomic E-state index is -0.143. The zero-order valence-corrected chi connectivity index (χ0v) is 9.62. The Balaban J connectivity index is 0.000000461. The Kier molecular flexibility index (Phi) is 4.08. The van der Waals surface area contributed by atoms with E-state index in [0.29, 0.717) is 0 Å². The molecule has 0 saturated carbocycles. The fourth-order valence-electron chi connectivity index (χ4n) is 1.33. The van der Waals surface area contributed by atoms with Crippen molar-refractivity contribution in [2.45, 2.75) is 27.2 Å². The maximum atomic E-state index is 12.8. The zero-order chi connectivity index (χ0) is 10.6. The fourth-order valence-corrected chi connectivity index (χ4v) is 2.35. The molecule has 14 heavy (non-hydrogen) atoms. The van der Waals surface area contributed by atoms with Gasteiger partial charge in [-0.25, -0.2) is 4.39 Å². The van der Waals surface area contributed by atoms with Crippen LogP contribution in [-0.4, -0.2) is 0 Å². The van der Waals surface area contributed by atoms with Crippen molar-refractivity contribution >= 4 is 21.4 Å². The Morgan fingerprint density at radius 1 is 1.29 bits per heavy atom. The maximum absolute atomic E-state index is 12.8. The van der Waals surface area contributed by atoms with Gasteiger partial charge in [0, 0.05) is 4.70 Å². The number of halogens is 1. The Morgan fingerprint density at radius 3 is 2.64 bits per heavy atom. The smallest absolute Gasteiger partial charge is 0.123 e. The lowest BCUT2D eigenvalue weighted by Crippen LogP contribution is -1.76. The van der Waals surface area contributed by atoms with E-state index in [1.165, 1.54) is 16.3 Å². The summed E-state index contributed by atoms with van der Waals surface area (Å²) in [5, 5.41) is 3.17. The van der Waals surface area contributed by atoms with Crippen LogP contribution in [0.15, 0.2) is 23.6 Å². The minimum absolute atomic E-state index is 0.143. The first kappa shape index (κ1) is 11.2. The molecule has 0 unspecified atom stereocenters. The van der Waals surface area contributed by atoms with Crippen molar-refractivity contribution in [1.29, 1.82) is 0 Å². The van der Waals surface area contributed by atoms with Gasteiger partial charge in [0.2, 0.25) is 0 Å².